The zero-order valence-electron chi connectivity index (χ0n) is 11.4. The molecule has 0 spiro atoms. The van der Waals surface area contributed by atoms with Crippen LogP contribution in [0.15, 0.2) is 0 Å². The average molecular weight is 189 g/mol. The van der Waals surface area contributed by atoms with Crippen LogP contribution in [0.2, 0.25) is 17.5 Å². The molecule has 0 amide bonds. The van der Waals surface area contributed by atoms with Gasteiger partial charge in [-0.05, 0) is 0 Å². The van der Waals surface area contributed by atoms with Gasteiger partial charge < -0.3 is 0 Å². The van der Waals surface area contributed by atoms with Gasteiger partial charge in [-0.2, -0.15) is 17.5 Å². The van der Waals surface area contributed by atoms with Crippen LogP contribution in [-0.4, -0.2) is 6.71 Å². The molecule has 0 saturated carbocycles. The maximum absolute atomic E-state index is 2.42. The third-order valence-corrected chi connectivity index (χ3v) is 3.90. The summed E-state index contributed by atoms with van der Waals surface area (Å²) in [5.74, 6) is 2.68. The van der Waals surface area contributed by atoms with E-state index in [0.717, 1.165) is 24.2 Å². The van der Waals surface area contributed by atoms with Gasteiger partial charge in [0.1, 0.15) is 0 Å². The van der Waals surface area contributed by atoms with Gasteiger partial charge in [-0.3, -0.25) is 0 Å². The molecule has 79 valence electrons. The molecule has 0 rings (SSSR count). The molecule has 0 aliphatic carbocycles. The van der Waals surface area contributed by atoms with Crippen LogP contribution in [0, 0.1) is 0 Å². The largest absolute Gasteiger partial charge is 1.00 e. The van der Waals surface area contributed by atoms with Crippen molar-refractivity contribution in [3.8, 4) is 0 Å². The fourth-order valence-electron chi connectivity index (χ4n) is 2.50. The number of rotatable bonds is 6. The van der Waals surface area contributed by atoms with E-state index in [9.17, 15) is 0 Å². The van der Waals surface area contributed by atoms with Gasteiger partial charge in [0.25, 0.3) is 0 Å². The topological polar surface area (TPSA) is 0 Å². The first-order valence-electron chi connectivity index (χ1n) is 6.08. The first-order chi connectivity index (χ1) is 6.08. The van der Waals surface area contributed by atoms with E-state index in [4.69, 9.17) is 0 Å². The Kier molecular flexibility index (Phi) is 10.9. The molecule has 1 radical (unpaired) electrons. The molecule has 0 aliphatic heterocycles. The second-order valence-electron chi connectivity index (χ2n) is 4.73. The van der Waals surface area contributed by atoms with Crippen LogP contribution < -0.4 is 18.9 Å². The van der Waals surface area contributed by atoms with Crippen LogP contribution >= 0.6 is 0 Å². The van der Waals surface area contributed by atoms with Crippen LogP contribution in [0.4, 0.5) is 0 Å². The minimum Gasteiger partial charge on any atom is -0.200 e. The van der Waals surface area contributed by atoms with Gasteiger partial charge in [0.2, 0.25) is 0 Å². The summed E-state index contributed by atoms with van der Waals surface area (Å²) in [5.41, 5.74) is 0. The first kappa shape index (κ1) is 17.1. The van der Waals surface area contributed by atoms with E-state index in [1.54, 1.807) is 0 Å². The molecule has 2 heteroatoms. The number of hydrogen-bond acceptors (Lipinski definition) is 0. The Morgan fingerprint density at radius 2 is 0.929 bits per heavy atom. The summed E-state index contributed by atoms with van der Waals surface area (Å²) in [4.78, 5) is 0. The van der Waals surface area contributed by atoms with E-state index in [1.165, 1.54) is 19.3 Å². The molecule has 3 atom stereocenters. The molecule has 0 heterocycles. The Hall–Kier alpha value is 0.662. The molecule has 0 saturated heterocycles. The van der Waals surface area contributed by atoms with Crippen LogP contribution in [-0.2, 0) is 0 Å². The van der Waals surface area contributed by atoms with Crippen LogP contribution in [0.5, 0.6) is 0 Å². The summed E-state index contributed by atoms with van der Waals surface area (Å²) in [6, 6.07) is 0. The van der Waals surface area contributed by atoms with Crippen molar-refractivity contribution in [2.45, 2.75) is 78.3 Å². The fraction of sp³-hybridized carbons (Fsp3) is 1.00. The molecule has 0 nitrogen and oxygen atoms in total. The number of hydrogen-bond donors (Lipinski definition) is 0. The second-order valence-corrected chi connectivity index (χ2v) is 4.73. The molecule has 0 aromatic rings. The van der Waals surface area contributed by atoms with Crippen LogP contribution in [0.3, 0.4) is 0 Å². The van der Waals surface area contributed by atoms with Gasteiger partial charge in [-0.15, -0.1) is 6.71 Å². The maximum Gasteiger partial charge on any atom is 1.00 e. The maximum atomic E-state index is 2.42. The monoisotopic (exact) mass is 189 g/mol. The molecule has 0 aromatic carbocycles. The first-order valence-corrected chi connectivity index (χ1v) is 6.08. The molecule has 0 N–H and O–H groups in total. The van der Waals surface area contributed by atoms with Crippen molar-refractivity contribution < 1.29 is 18.9 Å². The van der Waals surface area contributed by atoms with E-state index < -0.39 is 0 Å². The van der Waals surface area contributed by atoms with E-state index in [1.807, 2.05) is 0 Å². The summed E-state index contributed by atoms with van der Waals surface area (Å²) in [6.45, 7) is 15.2. The van der Waals surface area contributed by atoms with Gasteiger partial charge in [0.05, 0.1) is 0 Å². The minimum absolute atomic E-state index is 0. The molecule has 14 heavy (non-hydrogen) atoms. The summed E-state index contributed by atoms with van der Waals surface area (Å²) < 4.78 is 0. The van der Waals surface area contributed by atoms with Gasteiger partial charge in [-0.25, -0.2) is 0 Å². The Morgan fingerprint density at radius 3 is 1.07 bits per heavy atom. The summed E-state index contributed by atoms with van der Waals surface area (Å²) in [5, 5.41) is 0. The van der Waals surface area contributed by atoms with Crippen molar-refractivity contribution in [2.24, 2.45) is 0 Å². The zero-order valence-corrected chi connectivity index (χ0v) is 11.4. The summed E-state index contributed by atoms with van der Waals surface area (Å²) in [6.07, 6.45) is 4.00. The molecule has 0 aromatic heterocycles. The van der Waals surface area contributed by atoms with E-state index in [0.29, 0.717) is 0 Å². The Morgan fingerprint density at radius 1 is 0.714 bits per heavy atom. The van der Waals surface area contributed by atoms with Gasteiger partial charge in [0.15, 0.2) is 0 Å². The fourth-order valence-corrected chi connectivity index (χ4v) is 2.50. The molecule has 0 fully saturated rings. The van der Waals surface area contributed by atoms with Crippen molar-refractivity contribution in [1.82, 2.24) is 0 Å². The third kappa shape index (κ3) is 4.94. The van der Waals surface area contributed by atoms with Crippen LogP contribution in [0.1, 0.15) is 60.8 Å². The standard InChI is InChI=1S/C12H27B.Li/c1-7-10(4)13(11(5)8-2)12(6)9-3;/h10-12H,7-9H2,1-6H3;/q-1;+1. The Bertz CT molecular complexity index is 104. The van der Waals surface area contributed by atoms with Crippen molar-refractivity contribution in [3.63, 3.8) is 0 Å². The third-order valence-electron chi connectivity index (χ3n) is 3.90. The van der Waals surface area contributed by atoms with Gasteiger partial charge in [-0.1, -0.05) is 60.8 Å². The Balaban J connectivity index is 0. The van der Waals surface area contributed by atoms with Gasteiger partial charge in [0, 0.05) is 0 Å². The SMILES string of the molecule is CCC(C)[B-](C(C)CC)C(C)CC.[Li+]. The Labute approximate surface area is 104 Å². The molecule has 3 unspecified atom stereocenters. The van der Waals surface area contributed by atoms with Crippen molar-refractivity contribution >= 4 is 6.71 Å². The van der Waals surface area contributed by atoms with Gasteiger partial charge >= 0.3 is 18.9 Å². The smallest absolute Gasteiger partial charge is 0.200 e. The molecule has 0 bridgehead atoms. The zero-order chi connectivity index (χ0) is 10.4. The minimum atomic E-state index is 0. The van der Waals surface area contributed by atoms with E-state index in [-0.39, 0.29) is 18.9 Å². The van der Waals surface area contributed by atoms with E-state index in [2.05, 4.69) is 41.5 Å². The average Bonchev–Trinajstić information content (AvgIpc) is 2.16. The predicted octanol–water partition coefficient (Wildman–Crippen LogP) is 1.89. The summed E-state index contributed by atoms with van der Waals surface area (Å²) in [7, 11) is 0. The quantitative estimate of drug-likeness (QED) is 0.559. The molecular formula is C12H27BLi. The second kappa shape index (κ2) is 8.93. The van der Waals surface area contributed by atoms with Crippen molar-refractivity contribution in [2.75, 3.05) is 0 Å². The van der Waals surface area contributed by atoms with E-state index >= 15 is 0 Å². The summed E-state index contributed by atoms with van der Waals surface area (Å²) >= 11 is 0. The predicted molar refractivity (Wildman–Crippen MR) is 64.9 cm³/mol. The molecular weight excluding hydrogens is 162 g/mol. The molecule has 0 aliphatic rings. The van der Waals surface area contributed by atoms with Crippen molar-refractivity contribution in [3.05, 3.63) is 0 Å². The van der Waals surface area contributed by atoms with Crippen molar-refractivity contribution in [1.29, 1.82) is 0 Å². The van der Waals surface area contributed by atoms with Crippen LogP contribution in [0.25, 0.3) is 0 Å². The normalized spacial score (nSPS) is 17.4.